The van der Waals surface area contributed by atoms with E-state index >= 15 is 0 Å². The van der Waals surface area contributed by atoms with Crippen LogP contribution in [0.25, 0.3) is 0 Å². The Kier molecular flexibility index (Phi) is 5.48. The van der Waals surface area contributed by atoms with Crippen LogP contribution in [0.15, 0.2) is 29.3 Å². The molecule has 2 aromatic rings. The fourth-order valence-electron chi connectivity index (χ4n) is 2.99. The van der Waals surface area contributed by atoms with E-state index in [1.54, 1.807) is 6.07 Å². The minimum Gasteiger partial charge on any atom is -0.368 e. The van der Waals surface area contributed by atoms with Gasteiger partial charge in [0.05, 0.1) is 5.69 Å². The largest absolute Gasteiger partial charge is 0.368 e. The number of rotatable bonds is 2. The minimum absolute atomic E-state index is 0. The van der Waals surface area contributed by atoms with Crippen molar-refractivity contribution in [2.45, 2.75) is 25.3 Å². The van der Waals surface area contributed by atoms with E-state index in [1.807, 2.05) is 30.6 Å². The molecule has 1 aromatic heterocycles. The second-order valence-electron chi connectivity index (χ2n) is 5.47. The Hall–Kier alpha value is -2.09. The Morgan fingerprint density at radius 2 is 2.21 bits per heavy atom. The van der Waals surface area contributed by atoms with Gasteiger partial charge in [0.15, 0.2) is 0 Å². The average molecular weight is 369 g/mol. The van der Waals surface area contributed by atoms with E-state index in [1.165, 1.54) is 0 Å². The zero-order valence-electron chi connectivity index (χ0n) is 12.9. The van der Waals surface area contributed by atoms with Crippen molar-refractivity contribution in [2.75, 3.05) is 0 Å². The molecular formula is C15H18Cl2N6O. The number of nitrogens with two attached hydrogens (primary N) is 1. The van der Waals surface area contributed by atoms with E-state index in [0.29, 0.717) is 17.2 Å². The lowest BCUT2D eigenvalue weighted by atomic mass is 9.78. The van der Waals surface area contributed by atoms with Crippen LogP contribution in [-0.4, -0.2) is 27.1 Å². The summed E-state index contributed by atoms with van der Waals surface area (Å²) in [6.45, 7) is 1.88. The van der Waals surface area contributed by atoms with Gasteiger partial charge in [0.1, 0.15) is 6.04 Å². The molecule has 0 spiro atoms. The molecule has 2 unspecified atom stereocenters. The maximum absolute atomic E-state index is 8.93. The van der Waals surface area contributed by atoms with Crippen LogP contribution in [0, 0.1) is 12.3 Å². The van der Waals surface area contributed by atoms with Crippen LogP contribution in [0.5, 0.6) is 0 Å². The lowest BCUT2D eigenvalue weighted by Crippen LogP contribution is -2.33. The van der Waals surface area contributed by atoms with Crippen LogP contribution in [-0.2, 0) is 6.42 Å². The van der Waals surface area contributed by atoms with Gasteiger partial charge in [-0.25, -0.2) is 10.5 Å². The van der Waals surface area contributed by atoms with E-state index in [9.17, 15) is 0 Å². The molecule has 1 aliphatic carbocycles. The van der Waals surface area contributed by atoms with Crippen LogP contribution in [0.4, 0.5) is 0 Å². The van der Waals surface area contributed by atoms with Crippen LogP contribution in [0.3, 0.4) is 0 Å². The molecule has 1 aromatic carbocycles. The molecule has 0 saturated heterocycles. The van der Waals surface area contributed by atoms with Gasteiger partial charge < -0.3 is 11.1 Å². The molecule has 24 heavy (non-hydrogen) atoms. The smallest absolute Gasteiger partial charge is 0.213 e. The van der Waals surface area contributed by atoms with Gasteiger partial charge in [0.2, 0.25) is 5.96 Å². The Balaban J connectivity index is 0.00000208. The fraction of sp³-hybridized carbons (Fsp3) is 0.267. The van der Waals surface area contributed by atoms with E-state index in [-0.39, 0.29) is 24.3 Å². The molecule has 1 aliphatic rings. The SMILES string of the molecule is Cc1[nH]nc2c1C(N=C(N)NO)C(=N)C(c1ccccc1Cl)C2.Cl. The highest BCUT2D eigenvalue weighted by Gasteiger charge is 2.37. The van der Waals surface area contributed by atoms with Crippen molar-refractivity contribution < 1.29 is 5.21 Å². The van der Waals surface area contributed by atoms with Crippen LogP contribution >= 0.6 is 24.0 Å². The topological polar surface area (TPSA) is 123 Å². The van der Waals surface area contributed by atoms with Gasteiger partial charge in [-0.15, -0.1) is 12.4 Å². The normalized spacial score (nSPS) is 20.3. The summed E-state index contributed by atoms with van der Waals surface area (Å²) < 4.78 is 0. The first-order chi connectivity index (χ1) is 11.0. The summed E-state index contributed by atoms with van der Waals surface area (Å²) in [7, 11) is 0. The quantitative estimate of drug-likeness (QED) is 0.317. The molecule has 0 fully saturated rings. The van der Waals surface area contributed by atoms with Crippen molar-refractivity contribution in [1.82, 2.24) is 15.7 Å². The number of hydrogen-bond donors (Lipinski definition) is 5. The van der Waals surface area contributed by atoms with Gasteiger partial charge >= 0.3 is 0 Å². The lowest BCUT2D eigenvalue weighted by molar-refractivity contribution is 0.232. The summed E-state index contributed by atoms with van der Waals surface area (Å²) in [5.41, 5.74) is 11.1. The number of fused-ring (bicyclic) bond motifs is 1. The highest BCUT2D eigenvalue weighted by Crippen LogP contribution is 2.40. The van der Waals surface area contributed by atoms with Crippen molar-refractivity contribution in [3.05, 3.63) is 51.8 Å². The number of guanidine groups is 1. The van der Waals surface area contributed by atoms with E-state index in [2.05, 4.69) is 15.2 Å². The molecule has 7 nitrogen and oxygen atoms in total. The van der Waals surface area contributed by atoms with Crippen LogP contribution in [0.1, 0.15) is 34.5 Å². The number of hydroxylamine groups is 1. The first-order valence-electron chi connectivity index (χ1n) is 7.12. The summed E-state index contributed by atoms with van der Waals surface area (Å²) in [5, 5.41) is 25.4. The second-order valence-corrected chi connectivity index (χ2v) is 5.88. The van der Waals surface area contributed by atoms with E-state index < -0.39 is 6.04 Å². The van der Waals surface area contributed by atoms with Gasteiger partial charge in [0, 0.05) is 34.3 Å². The predicted octanol–water partition coefficient (Wildman–Crippen LogP) is 2.49. The number of aromatic nitrogens is 2. The molecule has 0 amide bonds. The number of halogens is 2. The number of benzene rings is 1. The molecule has 0 aliphatic heterocycles. The van der Waals surface area contributed by atoms with Crippen molar-refractivity contribution in [1.29, 1.82) is 5.41 Å². The number of aromatic amines is 1. The Bertz CT molecular complexity index is 788. The number of nitrogens with zero attached hydrogens (tertiary/aromatic N) is 2. The fourth-order valence-corrected chi connectivity index (χ4v) is 3.26. The van der Waals surface area contributed by atoms with Gasteiger partial charge in [-0.3, -0.25) is 10.3 Å². The van der Waals surface area contributed by atoms with Gasteiger partial charge in [0.25, 0.3) is 0 Å². The summed E-state index contributed by atoms with van der Waals surface area (Å²) in [4.78, 5) is 4.22. The number of hydrogen-bond acceptors (Lipinski definition) is 4. The molecule has 0 bridgehead atoms. The number of aryl methyl sites for hydroxylation is 1. The zero-order chi connectivity index (χ0) is 16.6. The van der Waals surface area contributed by atoms with Crippen molar-refractivity contribution in [2.24, 2.45) is 10.7 Å². The second kappa shape index (κ2) is 7.21. The maximum atomic E-state index is 8.93. The third-order valence-corrected chi connectivity index (χ3v) is 4.42. The number of aliphatic imine (C=N–C) groups is 1. The minimum atomic E-state index is -0.613. The predicted molar refractivity (Wildman–Crippen MR) is 95.5 cm³/mol. The highest BCUT2D eigenvalue weighted by atomic mass is 35.5. The van der Waals surface area contributed by atoms with Crippen molar-refractivity contribution in [3.63, 3.8) is 0 Å². The molecule has 3 rings (SSSR count). The Morgan fingerprint density at radius 1 is 1.50 bits per heavy atom. The molecule has 0 saturated carbocycles. The first kappa shape index (κ1) is 18.3. The van der Waals surface area contributed by atoms with Gasteiger partial charge in [-0.2, -0.15) is 5.10 Å². The molecule has 0 radical (unpaired) electrons. The molecular weight excluding hydrogens is 351 g/mol. The summed E-state index contributed by atoms with van der Waals surface area (Å²) in [6.07, 6.45) is 0.570. The molecule has 128 valence electrons. The third kappa shape index (κ3) is 3.10. The average Bonchev–Trinajstić information content (AvgIpc) is 2.91. The molecule has 6 N–H and O–H groups in total. The van der Waals surface area contributed by atoms with Crippen molar-refractivity contribution in [3.8, 4) is 0 Å². The standard InChI is InChI=1S/C15H17ClN6O.ClH/c1-7-12-11(21-20-7)6-9(8-4-2-3-5-10(8)16)13(17)14(12)19-15(18)22-23;/h2-5,9,14,17,23H,6H2,1H3,(H,20,21)(H3,18,19,22);1H. The van der Waals surface area contributed by atoms with Gasteiger partial charge in [-0.1, -0.05) is 29.8 Å². The number of nitrogens with one attached hydrogen (secondary N) is 3. The third-order valence-electron chi connectivity index (χ3n) is 4.08. The van der Waals surface area contributed by atoms with Gasteiger partial charge in [-0.05, 0) is 18.6 Å². The highest BCUT2D eigenvalue weighted by molar-refractivity contribution is 6.31. The first-order valence-corrected chi connectivity index (χ1v) is 7.50. The monoisotopic (exact) mass is 368 g/mol. The molecule has 9 heteroatoms. The maximum Gasteiger partial charge on any atom is 0.213 e. The van der Waals surface area contributed by atoms with E-state index in [4.69, 9.17) is 28.0 Å². The van der Waals surface area contributed by atoms with Crippen LogP contribution in [0.2, 0.25) is 5.02 Å². The summed E-state index contributed by atoms with van der Waals surface area (Å²) >= 11 is 6.30. The number of H-pyrrole nitrogens is 1. The lowest BCUT2D eigenvalue weighted by Gasteiger charge is -2.29. The Morgan fingerprint density at radius 3 is 2.88 bits per heavy atom. The summed E-state index contributed by atoms with van der Waals surface area (Å²) in [5.74, 6) is -0.384. The molecule has 1 heterocycles. The van der Waals surface area contributed by atoms with Crippen LogP contribution < -0.4 is 11.2 Å². The molecule has 2 atom stereocenters. The Labute approximate surface area is 150 Å². The van der Waals surface area contributed by atoms with E-state index in [0.717, 1.165) is 22.5 Å². The van der Waals surface area contributed by atoms with Crippen molar-refractivity contribution >= 4 is 35.7 Å². The summed E-state index contributed by atoms with van der Waals surface area (Å²) in [6, 6.07) is 6.84. The zero-order valence-corrected chi connectivity index (χ0v) is 14.4.